The average Bonchev–Trinajstić information content (AvgIpc) is 2.55. The van der Waals surface area contributed by atoms with Gasteiger partial charge in [-0.15, -0.1) is 0 Å². The molecule has 0 spiro atoms. The first-order valence-electron chi connectivity index (χ1n) is 10.3. The van der Waals surface area contributed by atoms with E-state index < -0.39 is 6.17 Å². The smallest absolute Gasteiger partial charge is 0.128 e. The van der Waals surface area contributed by atoms with Crippen LogP contribution in [0.1, 0.15) is 97.3 Å². The summed E-state index contributed by atoms with van der Waals surface area (Å²) in [6.07, 6.45) is 15.8. The summed E-state index contributed by atoms with van der Waals surface area (Å²) in [6.45, 7) is 6.08. The van der Waals surface area contributed by atoms with Crippen molar-refractivity contribution in [3.05, 3.63) is 0 Å². The maximum absolute atomic E-state index is 14.0. The molecule has 0 radical (unpaired) electrons. The summed E-state index contributed by atoms with van der Waals surface area (Å²) in [4.78, 5) is 2.41. The molecule has 1 saturated heterocycles. The Labute approximate surface area is 144 Å². The minimum Gasteiger partial charge on any atom is -0.325 e. The second-order valence-electron chi connectivity index (χ2n) is 7.52. The maximum atomic E-state index is 14.0. The van der Waals surface area contributed by atoms with Gasteiger partial charge in [0.1, 0.15) is 6.17 Å². The van der Waals surface area contributed by atoms with Crippen molar-refractivity contribution < 1.29 is 4.39 Å². The van der Waals surface area contributed by atoms with Crippen LogP contribution in [0.3, 0.4) is 0 Å². The molecule has 0 unspecified atom stereocenters. The van der Waals surface area contributed by atoms with Gasteiger partial charge in [0, 0.05) is 25.2 Å². The zero-order valence-corrected chi connectivity index (χ0v) is 15.7. The van der Waals surface area contributed by atoms with Crippen LogP contribution in [0.2, 0.25) is 0 Å². The van der Waals surface area contributed by atoms with Crippen LogP contribution in [0.15, 0.2) is 0 Å². The summed E-state index contributed by atoms with van der Waals surface area (Å²) in [7, 11) is 0. The van der Waals surface area contributed by atoms with Crippen molar-refractivity contribution in [1.82, 2.24) is 4.90 Å². The number of hydrogen-bond acceptors (Lipinski definition) is 2. The predicted molar refractivity (Wildman–Crippen MR) is 99.6 cm³/mol. The van der Waals surface area contributed by atoms with Gasteiger partial charge >= 0.3 is 0 Å². The van der Waals surface area contributed by atoms with Gasteiger partial charge in [0.05, 0.1) is 0 Å². The third-order valence-electron chi connectivity index (χ3n) is 5.42. The van der Waals surface area contributed by atoms with E-state index in [2.05, 4.69) is 18.7 Å². The summed E-state index contributed by atoms with van der Waals surface area (Å²) < 4.78 is 14.0. The van der Waals surface area contributed by atoms with Gasteiger partial charge in [-0.05, 0) is 19.3 Å². The molecule has 0 bridgehead atoms. The van der Waals surface area contributed by atoms with Gasteiger partial charge in [0.25, 0.3) is 0 Å². The molecule has 2 nitrogen and oxygen atoms in total. The first-order chi connectivity index (χ1) is 11.2. The Bertz CT molecular complexity index is 258. The second-order valence-corrected chi connectivity index (χ2v) is 7.52. The van der Waals surface area contributed by atoms with Crippen LogP contribution in [0.5, 0.6) is 0 Å². The molecule has 0 aliphatic carbocycles. The summed E-state index contributed by atoms with van der Waals surface area (Å²) in [6, 6.07) is 0.352. The monoisotopic (exact) mass is 328 g/mol. The number of alkyl halides is 1. The number of piperidine rings is 1. The minimum atomic E-state index is -0.827. The van der Waals surface area contributed by atoms with Crippen molar-refractivity contribution in [2.24, 2.45) is 5.73 Å². The average molecular weight is 329 g/mol. The van der Waals surface area contributed by atoms with E-state index in [1.165, 1.54) is 77.0 Å². The van der Waals surface area contributed by atoms with Crippen LogP contribution >= 0.6 is 0 Å². The standard InChI is InChI=1S/C20H41FN2/c1-3-5-7-9-11-13-18(14-12-10-8-6-4-2)23-16-15-20(22)19(21)17-23/h18-20H,3-17,22H2,1-2H3/t19-,20-/m1/s1. The molecule has 1 aliphatic heterocycles. The van der Waals surface area contributed by atoms with Gasteiger partial charge in [0.15, 0.2) is 0 Å². The van der Waals surface area contributed by atoms with Crippen molar-refractivity contribution in [3.63, 3.8) is 0 Å². The van der Waals surface area contributed by atoms with E-state index in [0.29, 0.717) is 12.6 Å². The van der Waals surface area contributed by atoms with Gasteiger partial charge in [-0.25, -0.2) is 4.39 Å². The lowest BCUT2D eigenvalue weighted by Crippen LogP contribution is -2.51. The first kappa shape index (κ1) is 20.9. The molecule has 0 aromatic rings. The Morgan fingerprint density at radius 2 is 1.43 bits per heavy atom. The highest BCUT2D eigenvalue weighted by atomic mass is 19.1. The largest absolute Gasteiger partial charge is 0.325 e. The quantitative estimate of drug-likeness (QED) is 0.456. The van der Waals surface area contributed by atoms with E-state index in [1.807, 2.05) is 0 Å². The maximum Gasteiger partial charge on any atom is 0.128 e. The Balaban J connectivity index is 2.34. The number of nitrogens with two attached hydrogens (primary N) is 1. The van der Waals surface area contributed by atoms with E-state index in [9.17, 15) is 4.39 Å². The van der Waals surface area contributed by atoms with Gasteiger partial charge in [-0.2, -0.15) is 0 Å². The zero-order chi connectivity index (χ0) is 16.9. The van der Waals surface area contributed by atoms with Crippen molar-refractivity contribution in [1.29, 1.82) is 0 Å². The van der Waals surface area contributed by atoms with Crippen LogP contribution in [0.4, 0.5) is 4.39 Å². The van der Waals surface area contributed by atoms with Gasteiger partial charge in [-0.1, -0.05) is 78.1 Å². The van der Waals surface area contributed by atoms with E-state index in [-0.39, 0.29) is 6.04 Å². The third-order valence-corrected chi connectivity index (χ3v) is 5.42. The Morgan fingerprint density at radius 3 is 1.91 bits per heavy atom. The topological polar surface area (TPSA) is 29.3 Å². The molecule has 1 heterocycles. The number of rotatable bonds is 13. The molecular weight excluding hydrogens is 287 g/mol. The lowest BCUT2D eigenvalue weighted by Gasteiger charge is -2.38. The number of nitrogens with zero attached hydrogens (tertiary/aromatic N) is 1. The lowest BCUT2D eigenvalue weighted by atomic mass is 9.95. The number of halogens is 1. The predicted octanol–water partition coefficient (Wildman–Crippen LogP) is 5.45. The molecular formula is C20H41FN2. The highest BCUT2D eigenvalue weighted by Gasteiger charge is 2.29. The number of likely N-dealkylation sites (tertiary alicyclic amines) is 1. The van der Waals surface area contributed by atoms with Crippen LogP contribution in [0.25, 0.3) is 0 Å². The summed E-state index contributed by atoms with van der Waals surface area (Å²) in [5.41, 5.74) is 5.85. The van der Waals surface area contributed by atoms with Crippen molar-refractivity contribution >= 4 is 0 Å². The van der Waals surface area contributed by atoms with Gasteiger partial charge in [0.2, 0.25) is 0 Å². The van der Waals surface area contributed by atoms with Crippen LogP contribution in [-0.2, 0) is 0 Å². The van der Waals surface area contributed by atoms with Crippen molar-refractivity contribution in [3.8, 4) is 0 Å². The van der Waals surface area contributed by atoms with E-state index in [0.717, 1.165) is 13.0 Å². The van der Waals surface area contributed by atoms with E-state index >= 15 is 0 Å². The molecule has 1 fully saturated rings. The zero-order valence-electron chi connectivity index (χ0n) is 15.7. The fourth-order valence-corrected chi connectivity index (χ4v) is 3.75. The third kappa shape index (κ3) is 9.05. The van der Waals surface area contributed by atoms with Crippen molar-refractivity contribution in [2.45, 2.75) is 116 Å². The molecule has 0 saturated carbocycles. The molecule has 3 heteroatoms. The Morgan fingerprint density at radius 1 is 0.913 bits per heavy atom. The molecule has 138 valence electrons. The molecule has 0 aromatic carbocycles. The molecule has 23 heavy (non-hydrogen) atoms. The summed E-state index contributed by atoms with van der Waals surface area (Å²) in [5, 5.41) is 0. The molecule has 2 atom stereocenters. The summed E-state index contributed by atoms with van der Waals surface area (Å²) in [5.74, 6) is 0. The Kier molecular flexibility index (Phi) is 12.0. The van der Waals surface area contributed by atoms with Crippen LogP contribution in [0, 0.1) is 0 Å². The second kappa shape index (κ2) is 13.2. The molecule has 1 aliphatic rings. The van der Waals surface area contributed by atoms with Gasteiger partial charge in [-0.3, -0.25) is 4.90 Å². The number of hydrogen-bond donors (Lipinski definition) is 1. The molecule has 2 N–H and O–H groups in total. The highest BCUT2D eigenvalue weighted by molar-refractivity contribution is 4.86. The Hall–Kier alpha value is -0.150. The van der Waals surface area contributed by atoms with Crippen LogP contribution < -0.4 is 5.73 Å². The lowest BCUT2D eigenvalue weighted by molar-refractivity contribution is 0.0740. The molecule has 0 aromatic heterocycles. The fourth-order valence-electron chi connectivity index (χ4n) is 3.75. The van der Waals surface area contributed by atoms with Gasteiger partial charge < -0.3 is 5.73 Å². The number of unbranched alkanes of at least 4 members (excludes halogenated alkanes) is 8. The summed E-state index contributed by atoms with van der Waals surface area (Å²) >= 11 is 0. The highest BCUT2D eigenvalue weighted by Crippen LogP contribution is 2.23. The first-order valence-corrected chi connectivity index (χ1v) is 10.3. The normalized spacial score (nSPS) is 22.8. The van der Waals surface area contributed by atoms with Crippen LogP contribution in [-0.4, -0.2) is 36.2 Å². The fraction of sp³-hybridized carbons (Fsp3) is 1.00. The minimum absolute atomic E-state index is 0.235. The van der Waals surface area contributed by atoms with E-state index in [4.69, 9.17) is 5.73 Å². The van der Waals surface area contributed by atoms with Crippen molar-refractivity contribution in [2.75, 3.05) is 13.1 Å². The molecule has 1 rings (SSSR count). The van der Waals surface area contributed by atoms with E-state index in [1.54, 1.807) is 0 Å². The molecule has 0 amide bonds. The SMILES string of the molecule is CCCCCCCC(CCCCCCC)N1CC[C@@H](N)[C@H](F)C1.